The van der Waals surface area contributed by atoms with Crippen LogP contribution in [-0.2, 0) is 4.74 Å². The maximum Gasteiger partial charge on any atom is 0.160 e. The van der Waals surface area contributed by atoms with Crippen molar-refractivity contribution in [3.05, 3.63) is 59.7 Å². The number of rotatable bonds is 3. The molecule has 0 bridgehead atoms. The van der Waals surface area contributed by atoms with Gasteiger partial charge in [0.1, 0.15) is 11.9 Å². The van der Waals surface area contributed by atoms with Crippen molar-refractivity contribution in [1.29, 1.82) is 0 Å². The van der Waals surface area contributed by atoms with Gasteiger partial charge in [-0.2, -0.15) is 0 Å². The van der Waals surface area contributed by atoms with Crippen LogP contribution < -0.4 is 4.90 Å². The predicted molar refractivity (Wildman–Crippen MR) is 110 cm³/mol. The Morgan fingerprint density at radius 3 is 2.79 bits per heavy atom. The molecule has 28 heavy (non-hydrogen) atoms. The summed E-state index contributed by atoms with van der Waals surface area (Å²) in [7, 11) is 0. The molecule has 7 heteroatoms. The van der Waals surface area contributed by atoms with Crippen molar-refractivity contribution in [3.63, 3.8) is 0 Å². The first-order chi connectivity index (χ1) is 13.7. The van der Waals surface area contributed by atoms with E-state index in [-0.39, 0.29) is 17.9 Å². The fourth-order valence-corrected chi connectivity index (χ4v) is 5.34. The molecule has 0 aliphatic carbocycles. The Morgan fingerprint density at radius 1 is 1.18 bits per heavy atom. The third kappa shape index (κ3) is 3.16. The van der Waals surface area contributed by atoms with E-state index in [0.717, 1.165) is 36.1 Å². The zero-order chi connectivity index (χ0) is 19.1. The number of ether oxygens (including phenoxy) is 1. The number of fused-ring (bicyclic) bond motifs is 1. The monoisotopic (exact) mass is 398 g/mol. The molecule has 5 nitrogen and oxygen atoms in total. The van der Waals surface area contributed by atoms with Gasteiger partial charge in [0.15, 0.2) is 5.17 Å². The first-order valence-corrected chi connectivity index (χ1v) is 10.6. The fourth-order valence-electron chi connectivity index (χ4n) is 4.25. The number of hydrogen-bond acceptors (Lipinski definition) is 6. The highest BCUT2D eigenvalue weighted by Gasteiger charge is 2.43. The number of amidine groups is 1. The minimum absolute atomic E-state index is 0.0180. The standard InChI is InChI=1S/C21H23FN4OS/c1-14-13-26-20(19(24-21(26)28-14)17-4-2-3-7-23-17)15-5-6-18(16(22)12-15)25-8-10-27-11-9-25/h2-7,12,14,19-20H,8-11,13H2,1H3/t14-,19+,20-/m1/s1. The van der Waals surface area contributed by atoms with E-state index in [0.29, 0.717) is 24.2 Å². The Morgan fingerprint density at radius 2 is 2.04 bits per heavy atom. The van der Waals surface area contributed by atoms with E-state index in [4.69, 9.17) is 9.73 Å². The summed E-state index contributed by atoms with van der Waals surface area (Å²) < 4.78 is 20.5. The quantitative estimate of drug-likeness (QED) is 0.790. The molecule has 0 N–H and O–H groups in total. The molecule has 146 valence electrons. The van der Waals surface area contributed by atoms with E-state index in [1.54, 1.807) is 24.0 Å². The van der Waals surface area contributed by atoms with Crippen LogP contribution in [0.2, 0.25) is 0 Å². The lowest BCUT2D eigenvalue weighted by Crippen LogP contribution is -2.36. The van der Waals surface area contributed by atoms with Crippen molar-refractivity contribution in [2.75, 3.05) is 37.7 Å². The van der Waals surface area contributed by atoms with Gasteiger partial charge in [0.25, 0.3) is 0 Å². The molecule has 2 fully saturated rings. The minimum Gasteiger partial charge on any atom is -0.378 e. The van der Waals surface area contributed by atoms with Crippen molar-refractivity contribution in [3.8, 4) is 0 Å². The van der Waals surface area contributed by atoms with Gasteiger partial charge in [0.2, 0.25) is 0 Å². The number of hydrogen-bond donors (Lipinski definition) is 0. The summed E-state index contributed by atoms with van der Waals surface area (Å²) in [5.74, 6) is -0.174. The van der Waals surface area contributed by atoms with Gasteiger partial charge in [0, 0.05) is 31.1 Å². The molecular weight excluding hydrogens is 375 g/mol. The molecule has 0 radical (unpaired) electrons. The van der Waals surface area contributed by atoms with Crippen molar-refractivity contribution >= 4 is 22.6 Å². The molecule has 2 saturated heterocycles. The van der Waals surface area contributed by atoms with Crippen molar-refractivity contribution in [2.24, 2.45) is 4.99 Å². The lowest BCUT2D eigenvalue weighted by Gasteiger charge is -2.31. The number of nitrogens with zero attached hydrogens (tertiary/aromatic N) is 4. The van der Waals surface area contributed by atoms with Gasteiger partial charge in [-0.25, -0.2) is 4.39 Å². The van der Waals surface area contributed by atoms with Gasteiger partial charge in [-0.05, 0) is 29.8 Å². The number of thioether (sulfide) groups is 1. The number of pyridine rings is 1. The van der Waals surface area contributed by atoms with Gasteiger partial charge in [-0.3, -0.25) is 9.98 Å². The summed E-state index contributed by atoms with van der Waals surface area (Å²) in [6.45, 7) is 5.87. The van der Waals surface area contributed by atoms with Crippen molar-refractivity contribution in [2.45, 2.75) is 24.3 Å². The Bertz CT molecular complexity index is 887. The highest BCUT2D eigenvalue weighted by atomic mass is 32.2. The maximum absolute atomic E-state index is 15.1. The van der Waals surface area contributed by atoms with Crippen LogP contribution in [0.3, 0.4) is 0 Å². The maximum atomic E-state index is 15.1. The van der Waals surface area contributed by atoms with E-state index >= 15 is 4.39 Å². The van der Waals surface area contributed by atoms with Gasteiger partial charge in [0.05, 0.1) is 30.6 Å². The zero-order valence-electron chi connectivity index (χ0n) is 15.8. The molecule has 4 heterocycles. The van der Waals surface area contributed by atoms with E-state index in [1.807, 2.05) is 24.3 Å². The highest BCUT2D eigenvalue weighted by Crippen LogP contribution is 2.47. The number of aliphatic imine (C=N–C) groups is 1. The van der Waals surface area contributed by atoms with Crippen molar-refractivity contribution in [1.82, 2.24) is 9.88 Å². The van der Waals surface area contributed by atoms with Gasteiger partial charge < -0.3 is 14.5 Å². The number of morpholine rings is 1. The van der Waals surface area contributed by atoms with Crippen LogP contribution in [-0.4, -0.2) is 53.1 Å². The van der Waals surface area contributed by atoms with Crippen LogP contribution in [0.15, 0.2) is 47.6 Å². The Kier molecular flexibility index (Phi) is 4.72. The third-order valence-electron chi connectivity index (χ3n) is 5.55. The van der Waals surface area contributed by atoms with Crippen molar-refractivity contribution < 1.29 is 9.13 Å². The molecule has 3 atom stereocenters. The molecule has 0 spiro atoms. The number of halogens is 1. The molecule has 2 aromatic rings. The molecule has 3 aliphatic heterocycles. The number of benzene rings is 1. The smallest absolute Gasteiger partial charge is 0.160 e. The summed E-state index contributed by atoms with van der Waals surface area (Å²) >= 11 is 1.80. The lowest BCUT2D eigenvalue weighted by atomic mass is 9.96. The Balaban J connectivity index is 1.50. The number of anilines is 1. The molecule has 1 aromatic carbocycles. The molecule has 3 aliphatic rings. The minimum atomic E-state index is -0.174. The van der Waals surface area contributed by atoms with E-state index in [9.17, 15) is 0 Å². The second-order valence-electron chi connectivity index (χ2n) is 7.45. The van der Waals surface area contributed by atoms with Crippen LogP contribution in [0.4, 0.5) is 10.1 Å². The molecule has 0 unspecified atom stereocenters. The highest BCUT2D eigenvalue weighted by molar-refractivity contribution is 8.14. The van der Waals surface area contributed by atoms with Crippen LogP contribution in [0, 0.1) is 5.82 Å². The molecule has 1 aromatic heterocycles. The van der Waals surface area contributed by atoms with Crippen LogP contribution >= 0.6 is 11.8 Å². The van der Waals surface area contributed by atoms with Gasteiger partial charge >= 0.3 is 0 Å². The second kappa shape index (κ2) is 7.37. The van der Waals surface area contributed by atoms with Crippen LogP contribution in [0.25, 0.3) is 0 Å². The van der Waals surface area contributed by atoms with Gasteiger partial charge in [-0.15, -0.1) is 0 Å². The SMILES string of the molecule is C[C@@H]1CN2C(=N[C@@H](c3ccccn3)[C@H]2c2ccc(N3CCOCC3)c(F)c2)S1. The summed E-state index contributed by atoms with van der Waals surface area (Å²) in [5, 5.41) is 1.54. The van der Waals surface area contributed by atoms with Crippen LogP contribution in [0.5, 0.6) is 0 Å². The summed E-state index contributed by atoms with van der Waals surface area (Å²) in [4.78, 5) is 13.9. The van der Waals surface area contributed by atoms with Gasteiger partial charge in [-0.1, -0.05) is 30.8 Å². The molecule has 0 amide bonds. The first-order valence-electron chi connectivity index (χ1n) is 9.75. The predicted octanol–water partition coefficient (Wildman–Crippen LogP) is 3.65. The summed E-state index contributed by atoms with van der Waals surface area (Å²) in [5.41, 5.74) is 2.55. The average Bonchev–Trinajstić information content (AvgIpc) is 3.25. The second-order valence-corrected chi connectivity index (χ2v) is 8.85. The third-order valence-corrected chi connectivity index (χ3v) is 6.65. The van der Waals surface area contributed by atoms with E-state index in [2.05, 4.69) is 27.8 Å². The largest absolute Gasteiger partial charge is 0.378 e. The number of aromatic nitrogens is 1. The topological polar surface area (TPSA) is 41.0 Å². The zero-order valence-corrected chi connectivity index (χ0v) is 16.6. The first kappa shape index (κ1) is 17.9. The molecule has 5 rings (SSSR count). The summed E-state index contributed by atoms with van der Waals surface area (Å²) in [6.07, 6.45) is 1.80. The normalized spacial score (nSPS) is 27.1. The fraction of sp³-hybridized carbons (Fsp3) is 0.429. The lowest BCUT2D eigenvalue weighted by molar-refractivity contribution is 0.122. The molecule has 0 saturated carbocycles. The van der Waals surface area contributed by atoms with E-state index in [1.165, 1.54) is 0 Å². The Hall–Kier alpha value is -2.12. The van der Waals surface area contributed by atoms with E-state index < -0.39 is 0 Å². The van der Waals surface area contributed by atoms with Crippen LogP contribution in [0.1, 0.15) is 30.3 Å². The molecular formula is C21H23FN4OS. The summed E-state index contributed by atoms with van der Waals surface area (Å²) in [6, 6.07) is 11.4. The average molecular weight is 399 g/mol. The Labute approximate surface area is 168 Å².